The highest BCUT2D eigenvalue weighted by Gasteiger charge is 2.10. The molecule has 2 N–H and O–H groups in total. The molecule has 0 saturated carbocycles. The molecule has 0 atom stereocenters. The van der Waals surface area contributed by atoms with Crippen LogP contribution in [0.3, 0.4) is 0 Å². The van der Waals surface area contributed by atoms with E-state index in [-0.39, 0.29) is 5.91 Å². The number of aromatic nitrogens is 2. The van der Waals surface area contributed by atoms with E-state index in [0.29, 0.717) is 34.4 Å². The van der Waals surface area contributed by atoms with Gasteiger partial charge in [-0.1, -0.05) is 6.07 Å². The Bertz CT molecular complexity index is 987. The molecule has 0 aliphatic carbocycles. The van der Waals surface area contributed by atoms with Crippen LogP contribution in [0.4, 0.5) is 17.3 Å². The first kappa shape index (κ1) is 19.2. The van der Waals surface area contributed by atoms with Crippen molar-refractivity contribution in [2.75, 3.05) is 24.9 Å². The van der Waals surface area contributed by atoms with Crippen molar-refractivity contribution >= 4 is 23.2 Å². The summed E-state index contributed by atoms with van der Waals surface area (Å²) in [5.74, 6) is 1.98. The maximum absolute atomic E-state index is 12.4. The predicted molar refractivity (Wildman–Crippen MR) is 109 cm³/mol. The minimum atomic E-state index is -0.229. The molecule has 144 valence electrons. The highest BCUT2D eigenvalue weighted by Crippen LogP contribution is 2.30. The van der Waals surface area contributed by atoms with Crippen LogP contribution in [0.1, 0.15) is 21.5 Å². The lowest BCUT2D eigenvalue weighted by Gasteiger charge is -2.12. The van der Waals surface area contributed by atoms with Crippen molar-refractivity contribution in [3.05, 3.63) is 65.2 Å². The summed E-state index contributed by atoms with van der Waals surface area (Å²) in [7, 11) is 3.18. The number of benzene rings is 2. The van der Waals surface area contributed by atoms with E-state index in [2.05, 4.69) is 20.8 Å². The maximum Gasteiger partial charge on any atom is 0.256 e. The van der Waals surface area contributed by atoms with Gasteiger partial charge in [0.15, 0.2) is 11.6 Å². The molecule has 0 radical (unpaired) electrons. The second-order valence-electron chi connectivity index (χ2n) is 6.25. The second kappa shape index (κ2) is 8.39. The van der Waals surface area contributed by atoms with Crippen molar-refractivity contribution in [2.45, 2.75) is 13.8 Å². The van der Waals surface area contributed by atoms with Gasteiger partial charge in [-0.05, 0) is 61.4 Å². The van der Waals surface area contributed by atoms with Crippen molar-refractivity contribution in [3.63, 3.8) is 0 Å². The van der Waals surface area contributed by atoms with Gasteiger partial charge in [-0.2, -0.15) is 0 Å². The molecular weight excluding hydrogens is 356 g/mol. The molecule has 3 rings (SSSR count). The molecule has 7 heteroatoms. The lowest BCUT2D eigenvalue weighted by Crippen LogP contribution is -2.13. The fraction of sp³-hybridized carbons (Fsp3) is 0.190. The van der Waals surface area contributed by atoms with Gasteiger partial charge in [0.25, 0.3) is 5.91 Å². The Morgan fingerprint density at radius 2 is 1.61 bits per heavy atom. The zero-order chi connectivity index (χ0) is 20.1. The Hall–Kier alpha value is -3.61. The molecule has 1 amide bonds. The van der Waals surface area contributed by atoms with E-state index in [1.54, 1.807) is 50.6 Å². The van der Waals surface area contributed by atoms with E-state index < -0.39 is 0 Å². The molecule has 1 heterocycles. The van der Waals surface area contributed by atoms with Crippen LogP contribution in [0.5, 0.6) is 11.5 Å². The quantitative estimate of drug-likeness (QED) is 0.671. The SMILES string of the molecule is COc1ccc(OC)c(Nc2ccc(NC(=O)c3ccc(C)c(C)c3)nn2)c1. The molecule has 0 spiro atoms. The third kappa shape index (κ3) is 4.37. The van der Waals surface area contributed by atoms with E-state index in [1.165, 1.54) is 0 Å². The third-order valence-corrected chi connectivity index (χ3v) is 4.34. The number of hydrogen-bond acceptors (Lipinski definition) is 6. The first-order valence-electron chi connectivity index (χ1n) is 8.71. The van der Waals surface area contributed by atoms with Crippen LogP contribution in [0.15, 0.2) is 48.5 Å². The summed E-state index contributed by atoms with van der Waals surface area (Å²) in [6.45, 7) is 3.98. The molecule has 2 aromatic carbocycles. The van der Waals surface area contributed by atoms with Gasteiger partial charge in [0.05, 0.1) is 19.9 Å². The second-order valence-corrected chi connectivity index (χ2v) is 6.25. The molecule has 0 bridgehead atoms. The fourth-order valence-electron chi connectivity index (χ4n) is 2.59. The van der Waals surface area contributed by atoms with E-state index in [1.807, 2.05) is 26.0 Å². The Labute approximate surface area is 163 Å². The first-order valence-corrected chi connectivity index (χ1v) is 8.71. The van der Waals surface area contributed by atoms with Crippen molar-refractivity contribution in [3.8, 4) is 11.5 Å². The number of anilines is 3. The number of rotatable bonds is 6. The Morgan fingerprint density at radius 3 is 2.25 bits per heavy atom. The standard InChI is InChI=1S/C21H22N4O3/c1-13-5-6-15(11-14(13)2)21(26)23-20-10-9-19(24-25-20)22-17-12-16(27-3)7-8-18(17)28-4/h5-12H,1-4H3,(H,22,24)(H,23,25,26). The van der Waals surface area contributed by atoms with Crippen molar-refractivity contribution in [1.29, 1.82) is 0 Å². The smallest absolute Gasteiger partial charge is 0.256 e. The zero-order valence-electron chi connectivity index (χ0n) is 16.2. The summed E-state index contributed by atoms with van der Waals surface area (Å²) in [4.78, 5) is 12.4. The number of hydrogen-bond donors (Lipinski definition) is 2. The minimum Gasteiger partial charge on any atom is -0.497 e. The van der Waals surface area contributed by atoms with Gasteiger partial charge in [-0.15, -0.1) is 10.2 Å². The fourth-order valence-corrected chi connectivity index (χ4v) is 2.59. The average molecular weight is 378 g/mol. The Balaban J connectivity index is 1.71. The van der Waals surface area contributed by atoms with Crippen LogP contribution in [0.2, 0.25) is 0 Å². The average Bonchev–Trinajstić information content (AvgIpc) is 2.71. The van der Waals surface area contributed by atoms with Gasteiger partial charge in [-0.25, -0.2) is 0 Å². The lowest BCUT2D eigenvalue weighted by atomic mass is 10.1. The molecule has 3 aromatic rings. The monoisotopic (exact) mass is 378 g/mol. The molecule has 0 aliphatic heterocycles. The molecular formula is C21H22N4O3. The molecule has 0 fully saturated rings. The van der Waals surface area contributed by atoms with Gasteiger partial charge >= 0.3 is 0 Å². The van der Waals surface area contributed by atoms with Crippen LogP contribution in [-0.4, -0.2) is 30.3 Å². The third-order valence-electron chi connectivity index (χ3n) is 4.34. The van der Waals surface area contributed by atoms with Crippen LogP contribution < -0.4 is 20.1 Å². The van der Waals surface area contributed by atoms with E-state index in [4.69, 9.17) is 9.47 Å². The van der Waals surface area contributed by atoms with Crippen LogP contribution in [0.25, 0.3) is 0 Å². The highest BCUT2D eigenvalue weighted by molar-refractivity contribution is 6.03. The van der Waals surface area contributed by atoms with Crippen LogP contribution >= 0.6 is 0 Å². The number of ether oxygens (including phenoxy) is 2. The number of carbonyl (C=O) groups is 1. The van der Waals surface area contributed by atoms with Gasteiger partial charge in [0.1, 0.15) is 11.5 Å². The summed E-state index contributed by atoms with van der Waals surface area (Å²) in [5, 5.41) is 14.1. The summed E-state index contributed by atoms with van der Waals surface area (Å²) >= 11 is 0. The lowest BCUT2D eigenvalue weighted by molar-refractivity contribution is 0.102. The number of methoxy groups -OCH3 is 2. The number of carbonyl (C=O) groups excluding carboxylic acids is 1. The summed E-state index contributed by atoms with van der Waals surface area (Å²) < 4.78 is 10.6. The zero-order valence-corrected chi connectivity index (χ0v) is 16.2. The summed E-state index contributed by atoms with van der Waals surface area (Å²) in [5.41, 5.74) is 3.47. The first-order chi connectivity index (χ1) is 13.5. The normalized spacial score (nSPS) is 10.3. The molecule has 1 aromatic heterocycles. The highest BCUT2D eigenvalue weighted by atomic mass is 16.5. The number of nitrogens with one attached hydrogen (secondary N) is 2. The summed E-state index contributed by atoms with van der Waals surface area (Å²) in [6, 6.07) is 14.4. The van der Waals surface area contributed by atoms with Crippen LogP contribution in [0, 0.1) is 13.8 Å². The van der Waals surface area contributed by atoms with E-state index in [0.717, 1.165) is 11.1 Å². The van der Waals surface area contributed by atoms with Crippen LogP contribution in [-0.2, 0) is 0 Å². The number of aryl methyl sites for hydroxylation is 2. The largest absolute Gasteiger partial charge is 0.497 e. The molecule has 0 unspecified atom stereocenters. The number of amides is 1. The van der Waals surface area contributed by atoms with E-state index >= 15 is 0 Å². The van der Waals surface area contributed by atoms with Gasteiger partial charge in [0, 0.05) is 11.6 Å². The molecule has 0 aliphatic rings. The van der Waals surface area contributed by atoms with Gasteiger partial charge in [-0.3, -0.25) is 4.79 Å². The van der Waals surface area contributed by atoms with Crippen molar-refractivity contribution < 1.29 is 14.3 Å². The molecule has 7 nitrogen and oxygen atoms in total. The predicted octanol–water partition coefficient (Wildman–Crippen LogP) is 4.11. The van der Waals surface area contributed by atoms with Crippen molar-refractivity contribution in [2.24, 2.45) is 0 Å². The van der Waals surface area contributed by atoms with Gasteiger partial charge < -0.3 is 20.1 Å². The minimum absolute atomic E-state index is 0.229. The van der Waals surface area contributed by atoms with Gasteiger partial charge in [0.2, 0.25) is 0 Å². The topological polar surface area (TPSA) is 85.4 Å². The Morgan fingerprint density at radius 1 is 0.857 bits per heavy atom. The summed E-state index contributed by atoms with van der Waals surface area (Å²) in [6.07, 6.45) is 0. The maximum atomic E-state index is 12.4. The van der Waals surface area contributed by atoms with Crippen molar-refractivity contribution in [1.82, 2.24) is 10.2 Å². The van der Waals surface area contributed by atoms with E-state index in [9.17, 15) is 4.79 Å². The molecule has 28 heavy (non-hydrogen) atoms. The molecule has 0 saturated heterocycles. The Kier molecular flexibility index (Phi) is 5.74. The number of nitrogens with zero attached hydrogens (tertiary/aromatic N) is 2.